The molecule has 0 aromatic heterocycles. The van der Waals surface area contributed by atoms with E-state index in [2.05, 4.69) is 29.8 Å². The van der Waals surface area contributed by atoms with Crippen LogP contribution in [-0.2, 0) is 14.3 Å². The Bertz CT molecular complexity index is 721. The second-order valence-electron chi connectivity index (χ2n) is 7.40. The lowest BCUT2D eigenvalue weighted by Crippen LogP contribution is -2.63. The number of amides is 2. The molecule has 7 heteroatoms. The highest BCUT2D eigenvalue weighted by molar-refractivity contribution is 9.10. The van der Waals surface area contributed by atoms with Crippen molar-refractivity contribution in [2.24, 2.45) is 5.41 Å². The van der Waals surface area contributed by atoms with E-state index < -0.39 is 0 Å². The van der Waals surface area contributed by atoms with Crippen molar-refractivity contribution in [2.45, 2.75) is 39.3 Å². The first-order valence-electron chi connectivity index (χ1n) is 8.85. The van der Waals surface area contributed by atoms with Gasteiger partial charge in [-0.1, -0.05) is 29.8 Å². The number of hydrogen-bond donors (Lipinski definition) is 0. The summed E-state index contributed by atoms with van der Waals surface area (Å²) in [7, 11) is 1.81. The molecule has 0 radical (unpaired) electrons. The Hall–Kier alpha value is -1.60. The molecule has 2 amide bonds. The lowest BCUT2D eigenvalue weighted by molar-refractivity contribution is -0.162. The fraction of sp³-hybridized carbons (Fsp3) is 0.579. The molecule has 2 atom stereocenters. The summed E-state index contributed by atoms with van der Waals surface area (Å²) in [6, 6.07) is 5.54. The highest BCUT2D eigenvalue weighted by Crippen LogP contribution is 2.45. The molecule has 6 nitrogen and oxygen atoms in total. The third kappa shape index (κ3) is 3.34. The normalized spacial score (nSPS) is 23.7. The molecule has 0 unspecified atom stereocenters. The van der Waals surface area contributed by atoms with E-state index in [-0.39, 0.29) is 42.5 Å². The van der Waals surface area contributed by atoms with E-state index in [1.165, 1.54) is 4.90 Å². The summed E-state index contributed by atoms with van der Waals surface area (Å²) in [5.41, 5.74) is 0.532. The van der Waals surface area contributed by atoms with Crippen molar-refractivity contribution in [1.82, 2.24) is 4.90 Å². The Morgan fingerprint density at radius 1 is 1.46 bits per heavy atom. The van der Waals surface area contributed by atoms with Crippen molar-refractivity contribution in [1.29, 1.82) is 0 Å². The van der Waals surface area contributed by atoms with Crippen molar-refractivity contribution in [3.63, 3.8) is 0 Å². The third-order valence-corrected chi connectivity index (χ3v) is 6.01. The van der Waals surface area contributed by atoms with E-state index in [4.69, 9.17) is 9.47 Å². The second-order valence-corrected chi connectivity index (χ2v) is 8.32. The lowest BCUT2D eigenvalue weighted by Gasteiger charge is -2.55. The maximum absolute atomic E-state index is 12.9. The Balaban J connectivity index is 1.71. The number of nitrogens with zero attached hydrogens (tertiary/aromatic N) is 2. The number of carbonyl (C=O) groups excluding carboxylic acids is 2. The predicted molar refractivity (Wildman–Crippen MR) is 102 cm³/mol. The number of ether oxygens (including phenoxy) is 2. The highest BCUT2D eigenvalue weighted by atomic mass is 79.9. The fourth-order valence-electron chi connectivity index (χ4n) is 3.78. The number of hydrogen-bond acceptors (Lipinski definition) is 4. The van der Waals surface area contributed by atoms with Gasteiger partial charge in [0, 0.05) is 29.6 Å². The molecule has 0 spiro atoms. The van der Waals surface area contributed by atoms with E-state index >= 15 is 0 Å². The molecular formula is C19H25BrN2O4. The van der Waals surface area contributed by atoms with Gasteiger partial charge < -0.3 is 14.4 Å². The van der Waals surface area contributed by atoms with Crippen LogP contribution >= 0.6 is 15.9 Å². The van der Waals surface area contributed by atoms with E-state index in [1.54, 1.807) is 11.0 Å². The predicted octanol–water partition coefficient (Wildman–Crippen LogP) is 2.84. The summed E-state index contributed by atoms with van der Waals surface area (Å²) < 4.78 is 12.1. The number of fused-ring (bicyclic) bond motifs is 1. The Kier molecular flexibility index (Phi) is 5.30. The number of anilines is 1. The van der Waals surface area contributed by atoms with Crippen molar-refractivity contribution in [3.8, 4) is 5.75 Å². The number of carbonyl (C=O) groups is 2. The summed E-state index contributed by atoms with van der Waals surface area (Å²) in [6.45, 7) is 6.86. The minimum Gasteiger partial charge on any atom is -0.482 e. The molecule has 1 aromatic rings. The Morgan fingerprint density at radius 2 is 2.19 bits per heavy atom. The van der Waals surface area contributed by atoms with Crippen LogP contribution in [-0.4, -0.2) is 55.7 Å². The molecule has 26 heavy (non-hydrogen) atoms. The van der Waals surface area contributed by atoms with Crippen LogP contribution in [0.3, 0.4) is 0 Å². The molecule has 1 aliphatic carbocycles. The number of rotatable bonds is 5. The number of benzene rings is 1. The summed E-state index contributed by atoms with van der Waals surface area (Å²) in [5.74, 6) is 0.318. The average Bonchev–Trinajstić information content (AvgIpc) is 2.60. The third-order valence-electron chi connectivity index (χ3n) is 5.51. The Labute approximate surface area is 162 Å². The van der Waals surface area contributed by atoms with Gasteiger partial charge in [-0.15, -0.1) is 0 Å². The topological polar surface area (TPSA) is 59.1 Å². The molecule has 1 aromatic carbocycles. The van der Waals surface area contributed by atoms with Gasteiger partial charge in [0.15, 0.2) is 6.61 Å². The molecule has 1 fully saturated rings. The lowest BCUT2D eigenvalue weighted by atomic mass is 9.64. The van der Waals surface area contributed by atoms with Gasteiger partial charge in [0.25, 0.3) is 5.91 Å². The number of halogens is 1. The van der Waals surface area contributed by atoms with Crippen LogP contribution in [0.2, 0.25) is 0 Å². The molecule has 0 N–H and O–H groups in total. The van der Waals surface area contributed by atoms with Crippen LogP contribution < -0.4 is 9.64 Å². The Morgan fingerprint density at radius 3 is 2.85 bits per heavy atom. The molecule has 1 aliphatic heterocycles. The zero-order valence-electron chi connectivity index (χ0n) is 15.6. The summed E-state index contributed by atoms with van der Waals surface area (Å²) >= 11 is 3.40. The van der Waals surface area contributed by atoms with Gasteiger partial charge in [0.2, 0.25) is 5.91 Å². The minimum absolute atomic E-state index is 0.0131. The van der Waals surface area contributed by atoms with Crippen LogP contribution in [0.1, 0.15) is 27.2 Å². The van der Waals surface area contributed by atoms with Crippen LogP contribution in [0.15, 0.2) is 22.7 Å². The van der Waals surface area contributed by atoms with Crippen molar-refractivity contribution < 1.29 is 19.1 Å². The van der Waals surface area contributed by atoms with Crippen LogP contribution in [0.4, 0.5) is 5.69 Å². The van der Waals surface area contributed by atoms with Crippen LogP contribution in [0.25, 0.3) is 0 Å². The van der Waals surface area contributed by atoms with Gasteiger partial charge in [-0.2, -0.15) is 0 Å². The SMILES string of the molecule is CCO[C@H]1C[C@@H](N(C)C(=O)CN2C(=O)COc3cc(Br)ccc32)C1(C)C. The first-order valence-corrected chi connectivity index (χ1v) is 9.65. The zero-order valence-corrected chi connectivity index (χ0v) is 17.2. The minimum atomic E-state index is -0.207. The van der Waals surface area contributed by atoms with Crippen molar-refractivity contribution in [3.05, 3.63) is 22.7 Å². The van der Waals surface area contributed by atoms with E-state index in [0.717, 1.165) is 10.9 Å². The van der Waals surface area contributed by atoms with E-state index in [9.17, 15) is 9.59 Å². The average molecular weight is 425 g/mol. The molecule has 0 bridgehead atoms. The van der Waals surface area contributed by atoms with Crippen LogP contribution in [0.5, 0.6) is 5.75 Å². The van der Waals surface area contributed by atoms with Gasteiger partial charge >= 0.3 is 0 Å². The van der Waals surface area contributed by atoms with Crippen molar-refractivity contribution >= 4 is 33.4 Å². The fourth-order valence-corrected chi connectivity index (χ4v) is 4.12. The van der Waals surface area contributed by atoms with Gasteiger partial charge in [0.1, 0.15) is 12.3 Å². The molecule has 3 rings (SSSR count). The van der Waals surface area contributed by atoms with Gasteiger partial charge in [-0.3, -0.25) is 14.5 Å². The molecule has 2 aliphatic rings. The maximum Gasteiger partial charge on any atom is 0.265 e. The van der Waals surface area contributed by atoms with Gasteiger partial charge in [-0.25, -0.2) is 0 Å². The summed E-state index contributed by atoms with van der Waals surface area (Å²) in [5, 5.41) is 0. The largest absolute Gasteiger partial charge is 0.482 e. The van der Waals surface area contributed by atoms with Crippen molar-refractivity contribution in [2.75, 3.05) is 31.7 Å². The quantitative estimate of drug-likeness (QED) is 0.728. The molecule has 0 saturated heterocycles. The van der Waals surface area contributed by atoms with E-state index in [1.807, 2.05) is 26.1 Å². The number of likely N-dealkylation sites (N-methyl/N-ethyl adjacent to an activating group) is 1. The van der Waals surface area contributed by atoms with Gasteiger partial charge in [0.05, 0.1) is 11.8 Å². The maximum atomic E-state index is 12.9. The molecule has 142 valence electrons. The van der Waals surface area contributed by atoms with Crippen LogP contribution in [0, 0.1) is 5.41 Å². The first kappa shape index (κ1) is 19.2. The standard InChI is InChI=1S/C19H25BrN2O4/c1-5-25-16-9-15(19(16,2)3)21(4)17(23)10-22-13-7-6-12(20)8-14(13)26-11-18(22)24/h6-8,15-16H,5,9-11H2,1-4H3/t15-,16+/m1/s1. The molecule has 1 saturated carbocycles. The summed E-state index contributed by atoms with van der Waals surface area (Å²) in [4.78, 5) is 28.4. The first-order chi connectivity index (χ1) is 12.3. The highest BCUT2D eigenvalue weighted by Gasteiger charge is 2.51. The summed E-state index contributed by atoms with van der Waals surface area (Å²) in [6.07, 6.45) is 0.986. The van der Waals surface area contributed by atoms with E-state index in [0.29, 0.717) is 18.0 Å². The molecular weight excluding hydrogens is 400 g/mol. The monoisotopic (exact) mass is 424 g/mol. The second kappa shape index (κ2) is 7.19. The smallest absolute Gasteiger partial charge is 0.265 e. The van der Waals surface area contributed by atoms with Gasteiger partial charge in [-0.05, 0) is 31.5 Å². The molecule has 1 heterocycles. The zero-order chi connectivity index (χ0) is 19.1.